The number of aromatic nitrogens is 3. The number of alkyl halides is 3. The van der Waals surface area contributed by atoms with Crippen LogP contribution in [0.4, 0.5) is 13.2 Å². The van der Waals surface area contributed by atoms with Crippen molar-refractivity contribution in [2.45, 2.75) is 32.2 Å². The van der Waals surface area contributed by atoms with Gasteiger partial charge in [-0.3, -0.25) is 4.79 Å². The van der Waals surface area contributed by atoms with Gasteiger partial charge in [0.2, 0.25) is 0 Å². The molecule has 1 N–H and O–H groups in total. The zero-order valence-corrected chi connectivity index (χ0v) is 9.85. The number of halogens is 3. The average molecular weight is 279 g/mol. The lowest BCUT2D eigenvalue weighted by Gasteiger charge is -2.21. The van der Waals surface area contributed by atoms with Crippen LogP contribution in [0.3, 0.4) is 0 Å². The largest absolute Gasteiger partial charge is 0.481 e. The van der Waals surface area contributed by atoms with E-state index in [4.69, 9.17) is 5.11 Å². The molecule has 1 aliphatic heterocycles. The lowest BCUT2D eigenvalue weighted by Crippen LogP contribution is -2.28. The van der Waals surface area contributed by atoms with Gasteiger partial charge in [-0.15, -0.1) is 10.2 Å². The molecule has 2 rings (SSSR count). The van der Waals surface area contributed by atoms with Gasteiger partial charge in [0.1, 0.15) is 19.0 Å². The van der Waals surface area contributed by atoms with Crippen molar-refractivity contribution in [2.24, 2.45) is 5.92 Å². The SMILES string of the molecule is O=C(O)C1CCc2nnc(COCC(F)(F)F)n2C1. The second-order valence-corrected chi connectivity index (χ2v) is 4.32. The summed E-state index contributed by atoms with van der Waals surface area (Å²) < 4.78 is 41.9. The summed E-state index contributed by atoms with van der Waals surface area (Å²) in [4.78, 5) is 10.9. The molecule has 0 aromatic carbocycles. The van der Waals surface area contributed by atoms with E-state index in [9.17, 15) is 18.0 Å². The second-order valence-electron chi connectivity index (χ2n) is 4.32. The van der Waals surface area contributed by atoms with Gasteiger partial charge in [0, 0.05) is 13.0 Å². The van der Waals surface area contributed by atoms with Crippen LogP contribution in [0, 0.1) is 5.92 Å². The van der Waals surface area contributed by atoms with E-state index in [1.165, 1.54) is 4.57 Å². The predicted molar refractivity (Wildman–Crippen MR) is 55.2 cm³/mol. The predicted octanol–water partition coefficient (Wildman–Crippen LogP) is 1.00. The lowest BCUT2D eigenvalue weighted by molar-refractivity contribution is -0.177. The van der Waals surface area contributed by atoms with Crippen molar-refractivity contribution in [3.05, 3.63) is 11.6 Å². The number of fused-ring (bicyclic) bond motifs is 1. The number of hydrogen-bond acceptors (Lipinski definition) is 4. The maximum atomic E-state index is 11.9. The molecular formula is C10H12F3N3O3. The number of rotatable bonds is 4. The highest BCUT2D eigenvalue weighted by molar-refractivity contribution is 5.70. The smallest absolute Gasteiger partial charge is 0.411 e. The fourth-order valence-electron chi connectivity index (χ4n) is 1.95. The van der Waals surface area contributed by atoms with Gasteiger partial charge in [0.15, 0.2) is 5.82 Å². The van der Waals surface area contributed by atoms with Crippen molar-refractivity contribution in [2.75, 3.05) is 6.61 Å². The molecule has 106 valence electrons. The van der Waals surface area contributed by atoms with Gasteiger partial charge in [-0.05, 0) is 6.42 Å². The highest BCUT2D eigenvalue weighted by Gasteiger charge is 2.29. The number of hydrogen-bond donors (Lipinski definition) is 1. The van der Waals surface area contributed by atoms with E-state index in [1.54, 1.807) is 0 Å². The summed E-state index contributed by atoms with van der Waals surface area (Å²) in [7, 11) is 0. The maximum Gasteiger partial charge on any atom is 0.411 e. The molecule has 0 fully saturated rings. The van der Waals surface area contributed by atoms with Crippen LogP contribution < -0.4 is 0 Å². The number of carboxylic acids is 1. The third kappa shape index (κ3) is 3.43. The molecular weight excluding hydrogens is 267 g/mol. The molecule has 1 unspecified atom stereocenters. The van der Waals surface area contributed by atoms with Gasteiger partial charge in [-0.2, -0.15) is 13.2 Å². The Labute approximate surface area is 106 Å². The molecule has 1 aromatic heterocycles. The van der Waals surface area contributed by atoms with Gasteiger partial charge in [0.05, 0.1) is 5.92 Å². The van der Waals surface area contributed by atoms with E-state index >= 15 is 0 Å². The third-order valence-electron chi connectivity index (χ3n) is 2.87. The van der Waals surface area contributed by atoms with E-state index in [0.29, 0.717) is 18.7 Å². The van der Waals surface area contributed by atoms with Crippen molar-refractivity contribution < 1.29 is 27.8 Å². The number of nitrogens with zero attached hydrogens (tertiary/aromatic N) is 3. The van der Waals surface area contributed by atoms with Crippen molar-refractivity contribution in [1.82, 2.24) is 14.8 Å². The van der Waals surface area contributed by atoms with Crippen LogP contribution in [-0.4, -0.2) is 38.6 Å². The molecule has 19 heavy (non-hydrogen) atoms. The Morgan fingerprint density at radius 2 is 2.21 bits per heavy atom. The summed E-state index contributed by atoms with van der Waals surface area (Å²) in [5, 5.41) is 16.5. The standard InChI is InChI=1S/C10H12F3N3O3/c11-10(12,13)5-19-4-8-15-14-7-2-1-6(9(17)18)3-16(7)8/h6H,1-5H2,(H,17,18). The fraction of sp³-hybridized carbons (Fsp3) is 0.700. The zero-order chi connectivity index (χ0) is 14.0. The first-order valence-corrected chi connectivity index (χ1v) is 5.65. The summed E-state index contributed by atoms with van der Waals surface area (Å²) in [5.74, 6) is -0.681. The van der Waals surface area contributed by atoms with Crippen LogP contribution in [-0.2, 0) is 29.1 Å². The maximum absolute atomic E-state index is 11.9. The first-order chi connectivity index (χ1) is 8.87. The summed E-state index contributed by atoms with van der Waals surface area (Å²) in [6.07, 6.45) is -3.49. The molecule has 1 aromatic rings. The normalized spacial score (nSPS) is 19.2. The van der Waals surface area contributed by atoms with E-state index < -0.39 is 24.7 Å². The molecule has 2 heterocycles. The van der Waals surface area contributed by atoms with Crippen LogP contribution in [0.15, 0.2) is 0 Å². The zero-order valence-electron chi connectivity index (χ0n) is 9.85. The number of carbonyl (C=O) groups is 1. The van der Waals surface area contributed by atoms with Crippen molar-refractivity contribution in [1.29, 1.82) is 0 Å². The topological polar surface area (TPSA) is 77.2 Å². The summed E-state index contributed by atoms with van der Waals surface area (Å²) in [6.45, 7) is -1.53. The van der Waals surface area contributed by atoms with Crippen molar-refractivity contribution in [3.8, 4) is 0 Å². The molecule has 1 aliphatic rings. The van der Waals surface area contributed by atoms with Gasteiger partial charge in [-0.1, -0.05) is 0 Å². The first-order valence-electron chi connectivity index (χ1n) is 5.65. The Hall–Kier alpha value is -1.64. The van der Waals surface area contributed by atoms with Crippen LogP contribution in [0.2, 0.25) is 0 Å². The minimum atomic E-state index is -4.39. The lowest BCUT2D eigenvalue weighted by atomic mass is 10.00. The molecule has 0 spiro atoms. The van der Waals surface area contributed by atoms with E-state index in [1.807, 2.05) is 0 Å². The molecule has 0 radical (unpaired) electrons. The molecule has 0 saturated carbocycles. The molecule has 0 saturated heterocycles. The van der Waals surface area contributed by atoms with Crippen LogP contribution in [0.5, 0.6) is 0 Å². The molecule has 0 bridgehead atoms. The highest BCUT2D eigenvalue weighted by Crippen LogP contribution is 2.21. The minimum absolute atomic E-state index is 0.169. The van der Waals surface area contributed by atoms with Crippen LogP contribution in [0.25, 0.3) is 0 Å². The van der Waals surface area contributed by atoms with Gasteiger partial charge >= 0.3 is 12.1 Å². The van der Waals surface area contributed by atoms with Crippen LogP contribution >= 0.6 is 0 Å². The Morgan fingerprint density at radius 3 is 2.84 bits per heavy atom. The van der Waals surface area contributed by atoms with E-state index in [0.717, 1.165) is 0 Å². The number of aryl methyl sites for hydroxylation is 1. The van der Waals surface area contributed by atoms with Gasteiger partial charge < -0.3 is 14.4 Å². The Bertz CT molecular complexity index is 472. The van der Waals surface area contributed by atoms with Gasteiger partial charge in [-0.25, -0.2) is 0 Å². The summed E-state index contributed by atoms with van der Waals surface area (Å²) in [6, 6.07) is 0. The van der Waals surface area contributed by atoms with E-state index in [-0.39, 0.29) is 19.0 Å². The molecule has 0 aliphatic carbocycles. The van der Waals surface area contributed by atoms with Crippen molar-refractivity contribution >= 4 is 5.97 Å². The van der Waals surface area contributed by atoms with Crippen LogP contribution in [0.1, 0.15) is 18.1 Å². The number of ether oxygens (including phenoxy) is 1. The molecule has 1 atom stereocenters. The number of carboxylic acid groups (broad SMARTS) is 1. The quantitative estimate of drug-likeness (QED) is 0.889. The monoisotopic (exact) mass is 279 g/mol. The fourth-order valence-corrected chi connectivity index (χ4v) is 1.95. The van der Waals surface area contributed by atoms with Crippen molar-refractivity contribution in [3.63, 3.8) is 0 Å². The molecule has 6 nitrogen and oxygen atoms in total. The molecule has 0 amide bonds. The highest BCUT2D eigenvalue weighted by atomic mass is 19.4. The third-order valence-corrected chi connectivity index (χ3v) is 2.87. The number of aliphatic carboxylic acids is 1. The Morgan fingerprint density at radius 1 is 1.47 bits per heavy atom. The average Bonchev–Trinajstić information content (AvgIpc) is 2.70. The first kappa shape index (κ1) is 13.8. The van der Waals surface area contributed by atoms with Gasteiger partial charge in [0.25, 0.3) is 0 Å². The minimum Gasteiger partial charge on any atom is -0.481 e. The Balaban J connectivity index is 2.00. The Kier molecular flexibility index (Phi) is 3.74. The summed E-state index contributed by atoms with van der Waals surface area (Å²) >= 11 is 0. The molecule has 9 heteroatoms. The second kappa shape index (κ2) is 5.16. The van der Waals surface area contributed by atoms with E-state index in [2.05, 4.69) is 14.9 Å². The summed E-state index contributed by atoms with van der Waals surface area (Å²) in [5.41, 5.74) is 0.